The van der Waals surface area contributed by atoms with Crippen molar-refractivity contribution in [1.82, 2.24) is 14.5 Å². The number of carbonyl (C=O) groups is 1. The van der Waals surface area contributed by atoms with Crippen molar-refractivity contribution in [2.24, 2.45) is 7.05 Å². The van der Waals surface area contributed by atoms with E-state index in [-0.39, 0.29) is 5.91 Å². The minimum atomic E-state index is -0.557. The van der Waals surface area contributed by atoms with E-state index >= 15 is 0 Å². The molecule has 5 rings (SSSR count). The highest BCUT2D eigenvalue weighted by Crippen LogP contribution is 2.44. The van der Waals surface area contributed by atoms with Gasteiger partial charge < -0.3 is 33.6 Å². The van der Waals surface area contributed by atoms with Gasteiger partial charge in [0.25, 0.3) is 0 Å². The normalized spacial score (nSPS) is 18.9. The number of carbonyl (C=O) groups excluding carboxylic acids is 1. The zero-order valence-electron chi connectivity index (χ0n) is 21.7. The van der Waals surface area contributed by atoms with Crippen LogP contribution < -0.4 is 10.1 Å². The van der Waals surface area contributed by atoms with Gasteiger partial charge in [0, 0.05) is 82.3 Å². The summed E-state index contributed by atoms with van der Waals surface area (Å²) in [5, 5.41) is 3.72. The highest BCUT2D eigenvalue weighted by Gasteiger charge is 2.44. The minimum absolute atomic E-state index is 0.168. The van der Waals surface area contributed by atoms with Gasteiger partial charge in [0.2, 0.25) is 5.91 Å². The lowest BCUT2D eigenvalue weighted by Crippen LogP contribution is -2.37. The molecule has 0 aliphatic carbocycles. The highest BCUT2D eigenvalue weighted by atomic mass is 16.6. The van der Waals surface area contributed by atoms with Crippen LogP contribution >= 0.6 is 0 Å². The molecule has 1 saturated heterocycles. The van der Waals surface area contributed by atoms with Crippen molar-refractivity contribution in [1.29, 1.82) is 0 Å². The van der Waals surface area contributed by atoms with Crippen LogP contribution in [0.15, 0.2) is 24.5 Å². The van der Waals surface area contributed by atoms with E-state index in [0.717, 1.165) is 58.4 Å². The first-order valence-electron chi connectivity index (χ1n) is 12.7. The zero-order chi connectivity index (χ0) is 25.8. The number of rotatable bonds is 10. The van der Waals surface area contributed by atoms with Crippen molar-refractivity contribution in [2.45, 2.75) is 31.8 Å². The number of nitrogens with zero attached hydrogens (tertiary/aromatic N) is 3. The third-order valence-corrected chi connectivity index (χ3v) is 6.81. The number of ether oxygens (including phenoxy) is 5. The predicted molar refractivity (Wildman–Crippen MR) is 138 cm³/mol. The van der Waals surface area contributed by atoms with Crippen molar-refractivity contribution in [3.8, 4) is 17.0 Å². The van der Waals surface area contributed by atoms with Crippen LogP contribution in [0, 0.1) is 0 Å². The number of fused-ring (bicyclic) bond motifs is 3. The summed E-state index contributed by atoms with van der Waals surface area (Å²) < 4.78 is 31.0. The average Bonchev–Trinajstić information content (AvgIpc) is 3.48. The Morgan fingerprint density at radius 1 is 1.22 bits per heavy atom. The van der Waals surface area contributed by atoms with Gasteiger partial charge in [-0.3, -0.25) is 4.79 Å². The average molecular weight is 511 g/mol. The van der Waals surface area contributed by atoms with Crippen LogP contribution in [0.25, 0.3) is 22.2 Å². The molecule has 3 aromatic heterocycles. The maximum absolute atomic E-state index is 11.6. The molecule has 198 valence electrons. The Kier molecular flexibility index (Phi) is 7.71. The molecule has 10 nitrogen and oxygen atoms in total. The van der Waals surface area contributed by atoms with Gasteiger partial charge in [0.1, 0.15) is 17.2 Å². The fourth-order valence-corrected chi connectivity index (χ4v) is 5.02. The summed E-state index contributed by atoms with van der Waals surface area (Å²) in [7, 11) is 3.63. The quantitative estimate of drug-likeness (QED) is 0.415. The van der Waals surface area contributed by atoms with Crippen molar-refractivity contribution in [3.63, 3.8) is 0 Å². The first kappa shape index (κ1) is 25.6. The van der Waals surface area contributed by atoms with E-state index in [0.29, 0.717) is 52.1 Å². The van der Waals surface area contributed by atoms with Crippen LogP contribution in [-0.2, 0) is 42.8 Å². The van der Waals surface area contributed by atoms with E-state index in [1.54, 1.807) is 13.3 Å². The van der Waals surface area contributed by atoms with Gasteiger partial charge in [-0.1, -0.05) is 0 Å². The molecule has 2 aliphatic heterocycles. The van der Waals surface area contributed by atoms with Gasteiger partial charge in [0.05, 0.1) is 56.1 Å². The van der Waals surface area contributed by atoms with Crippen molar-refractivity contribution >= 4 is 22.6 Å². The molecule has 1 atom stereocenters. The summed E-state index contributed by atoms with van der Waals surface area (Å²) >= 11 is 0. The van der Waals surface area contributed by atoms with Crippen molar-refractivity contribution in [2.75, 3.05) is 58.7 Å². The minimum Gasteiger partial charge on any atom is -0.493 e. The molecule has 3 aromatic rings. The van der Waals surface area contributed by atoms with E-state index in [1.165, 1.54) is 6.92 Å². The van der Waals surface area contributed by atoms with Gasteiger partial charge in [0.15, 0.2) is 0 Å². The lowest BCUT2D eigenvalue weighted by molar-refractivity contribution is -0.114. The molecule has 0 bridgehead atoms. The fraction of sp³-hybridized carbons (Fsp3) is 0.519. The van der Waals surface area contributed by atoms with E-state index < -0.39 is 5.60 Å². The second kappa shape index (κ2) is 11.1. The third kappa shape index (κ3) is 5.33. The molecule has 37 heavy (non-hydrogen) atoms. The van der Waals surface area contributed by atoms with E-state index in [2.05, 4.69) is 10.3 Å². The van der Waals surface area contributed by atoms with Crippen LogP contribution in [0.3, 0.4) is 0 Å². The molecular formula is C27H34N4O6. The maximum atomic E-state index is 11.6. The Morgan fingerprint density at radius 3 is 2.89 bits per heavy atom. The number of aromatic nitrogens is 3. The standard InChI is InChI=1S/C27H34N4O6/c1-18(32)29-25-13-20-21(16-31(2)23(20)15-28-25)22-14-24(36-8-4-7-34-12-11-33-3)19-5-9-37-27(26(19)30-22)6-10-35-17-27/h13-16H,4-12,17H2,1-3H3,(H,28,29,32). The molecule has 0 aromatic carbocycles. The number of methoxy groups -OCH3 is 1. The lowest BCUT2D eigenvalue weighted by Gasteiger charge is -2.34. The first-order chi connectivity index (χ1) is 18.0. The number of hydrogen-bond donors (Lipinski definition) is 1. The zero-order valence-corrected chi connectivity index (χ0v) is 21.7. The second-order valence-electron chi connectivity index (χ2n) is 9.46. The second-order valence-corrected chi connectivity index (χ2v) is 9.46. The summed E-state index contributed by atoms with van der Waals surface area (Å²) in [5.41, 5.74) is 4.08. The Labute approximate surface area is 216 Å². The summed E-state index contributed by atoms with van der Waals surface area (Å²) in [6.45, 7) is 5.48. The van der Waals surface area contributed by atoms with E-state index in [4.69, 9.17) is 28.7 Å². The summed E-state index contributed by atoms with van der Waals surface area (Å²) in [6, 6.07) is 3.91. The number of hydrogen-bond acceptors (Lipinski definition) is 8. The highest BCUT2D eigenvalue weighted by molar-refractivity contribution is 5.98. The van der Waals surface area contributed by atoms with Crippen LogP contribution in [0.4, 0.5) is 5.82 Å². The van der Waals surface area contributed by atoms with Gasteiger partial charge in [-0.05, 0) is 6.07 Å². The summed E-state index contributed by atoms with van der Waals surface area (Å²) in [5.74, 6) is 1.15. The van der Waals surface area contributed by atoms with E-state index in [9.17, 15) is 4.79 Å². The van der Waals surface area contributed by atoms with Crippen molar-refractivity contribution in [3.05, 3.63) is 35.8 Å². The Hall–Kier alpha value is -3.05. The van der Waals surface area contributed by atoms with Crippen LogP contribution in [0.2, 0.25) is 0 Å². The largest absolute Gasteiger partial charge is 0.493 e. The Bertz CT molecular complexity index is 1270. The monoisotopic (exact) mass is 510 g/mol. The number of amides is 1. The molecule has 0 radical (unpaired) electrons. The molecule has 1 N–H and O–H groups in total. The molecule has 5 heterocycles. The van der Waals surface area contributed by atoms with Gasteiger partial charge in [-0.2, -0.15) is 0 Å². The van der Waals surface area contributed by atoms with E-state index in [1.807, 2.05) is 29.9 Å². The number of aryl methyl sites for hydroxylation is 1. The number of pyridine rings is 2. The number of nitrogens with one attached hydrogen (secondary N) is 1. The molecule has 1 fully saturated rings. The maximum Gasteiger partial charge on any atom is 0.222 e. The fourth-order valence-electron chi connectivity index (χ4n) is 5.02. The molecule has 10 heteroatoms. The smallest absolute Gasteiger partial charge is 0.222 e. The molecular weight excluding hydrogens is 476 g/mol. The predicted octanol–water partition coefficient (Wildman–Crippen LogP) is 3.21. The SMILES string of the molecule is COCCOCCCOc1cc(-c2cn(C)c3cnc(NC(C)=O)cc23)nc2c1CCOC21CCOC1. The van der Waals surface area contributed by atoms with Gasteiger partial charge in [-0.25, -0.2) is 9.97 Å². The molecule has 2 aliphatic rings. The Morgan fingerprint density at radius 2 is 2.11 bits per heavy atom. The number of anilines is 1. The molecule has 1 spiro atoms. The molecule has 0 saturated carbocycles. The topological polar surface area (TPSA) is 106 Å². The molecule has 1 unspecified atom stereocenters. The summed E-state index contributed by atoms with van der Waals surface area (Å²) in [4.78, 5) is 21.2. The first-order valence-corrected chi connectivity index (χ1v) is 12.7. The van der Waals surface area contributed by atoms with Crippen molar-refractivity contribution < 1.29 is 28.5 Å². The van der Waals surface area contributed by atoms with Gasteiger partial charge in [-0.15, -0.1) is 0 Å². The van der Waals surface area contributed by atoms with Crippen LogP contribution in [0.5, 0.6) is 5.75 Å². The Balaban J connectivity index is 1.52. The third-order valence-electron chi connectivity index (χ3n) is 6.81. The summed E-state index contributed by atoms with van der Waals surface area (Å²) in [6.07, 6.45) is 6.05. The molecule has 1 amide bonds. The van der Waals surface area contributed by atoms with Crippen LogP contribution in [-0.4, -0.2) is 73.8 Å². The van der Waals surface area contributed by atoms with Gasteiger partial charge >= 0.3 is 0 Å². The van der Waals surface area contributed by atoms with Crippen LogP contribution in [0.1, 0.15) is 31.0 Å². The lowest BCUT2D eigenvalue weighted by atomic mass is 9.89.